The van der Waals surface area contributed by atoms with Gasteiger partial charge in [-0.1, -0.05) is 12.7 Å². The number of ether oxygens (including phenoxy) is 1. The van der Waals surface area contributed by atoms with E-state index in [1.807, 2.05) is 36.0 Å². The molecule has 0 aliphatic rings. The van der Waals surface area contributed by atoms with E-state index in [-0.39, 0.29) is 0 Å². The van der Waals surface area contributed by atoms with E-state index in [1.54, 1.807) is 6.08 Å². The van der Waals surface area contributed by atoms with Gasteiger partial charge in [-0.2, -0.15) is 4.57 Å². The average molecular weight is 150 g/mol. The van der Waals surface area contributed by atoms with Crippen molar-refractivity contribution in [2.24, 2.45) is 7.05 Å². The summed E-state index contributed by atoms with van der Waals surface area (Å²) in [5.41, 5.74) is 0. The highest BCUT2D eigenvalue weighted by molar-refractivity contribution is 5.02. The van der Waals surface area contributed by atoms with Crippen LogP contribution in [-0.4, -0.2) is 6.61 Å². The molecule has 0 aliphatic heterocycles. The molecule has 2 nitrogen and oxygen atoms in total. The molecule has 0 amide bonds. The largest absolute Gasteiger partial charge is 0.440 e. The van der Waals surface area contributed by atoms with Crippen molar-refractivity contribution in [1.82, 2.24) is 0 Å². The predicted octanol–water partition coefficient (Wildman–Crippen LogP) is 1.08. The van der Waals surface area contributed by atoms with Crippen LogP contribution < -0.4 is 9.30 Å². The second-order valence-corrected chi connectivity index (χ2v) is 2.25. The Bertz CT molecular complexity index is 245. The fraction of sp³-hybridized carbons (Fsp3) is 0.222. The van der Waals surface area contributed by atoms with Gasteiger partial charge < -0.3 is 4.74 Å². The molecular formula is C9H12NO+. The van der Waals surface area contributed by atoms with Crippen molar-refractivity contribution in [2.75, 3.05) is 6.61 Å². The first-order valence-corrected chi connectivity index (χ1v) is 3.53. The van der Waals surface area contributed by atoms with Gasteiger partial charge in [-0.05, 0) is 6.07 Å². The van der Waals surface area contributed by atoms with Crippen LogP contribution in [0.5, 0.6) is 5.88 Å². The number of hydrogen-bond donors (Lipinski definition) is 0. The summed E-state index contributed by atoms with van der Waals surface area (Å²) in [7, 11) is 1.94. The second kappa shape index (κ2) is 3.76. The number of pyridine rings is 1. The molecule has 0 fully saturated rings. The number of nitrogens with zero attached hydrogens (tertiary/aromatic N) is 1. The van der Waals surface area contributed by atoms with Gasteiger partial charge in [0.15, 0.2) is 6.20 Å². The molecule has 58 valence electrons. The Labute approximate surface area is 66.7 Å². The zero-order chi connectivity index (χ0) is 8.10. The molecule has 0 saturated heterocycles. The van der Waals surface area contributed by atoms with Crippen molar-refractivity contribution in [2.45, 2.75) is 0 Å². The molecule has 1 heterocycles. The van der Waals surface area contributed by atoms with Gasteiger partial charge in [0.25, 0.3) is 0 Å². The van der Waals surface area contributed by atoms with Crippen molar-refractivity contribution < 1.29 is 9.30 Å². The molecule has 0 saturated carbocycles. The standard InChI is InChI=1S/C9H12NO/c1-3-8-11-9-6-4-5-7-10(9)2/h3-7H,1,8H2,2H3/q+1. The Morgan fingerprint density at radius 3 is 3.09 bits per heavy atom. The SMILES string of the molecule is C=CCOc1cccc[n+]1C. The summed E-state index contributed by atoms with van der Waals surface area (Å²) in [5.74, 6) is 0.854. The van der Waals surface area contributed by atoms with Crippen molar-refractivity contribution in [3.8, 4) is 5.88 Å². The molecule has 1 aromatic heterocycles. The number of rotatable bonds is 3. The number of aryl methyl sites for hydroxylation is 1. The van der Waals surface area contributed by atoms with Crippen LogP contribution in [0.3, 0.4) is 0 Å². The highest BCUT2D eigenvalue weighted by Gasteiger charge is 2.02. The summed E-state index contributed by atoms with van der Waals surface area (Å²) >= 11 is 0. The van der Waals surface area contributed by atoms with Gasteiger partial charge in [0.2, 0.25) is 0 Å². The lowest BCUT2D eigenvalue weighted by Crippen LogP contribution is -2.29. The summed E-state index contributed by atoms with van der Waals surface area (Å²) in [6.45, 7) is 4.12. The first-order valence-electron chi connectivity index (χ1n) is 3.53. The Hall–Kier alpha value is -1.31. The van der Waals surface area contributed by atoms with E-state index < -0.39 is 0 Å². The van der Waals surface area contributed by atoms with Crippen molar-refractivity contribution in [1.29, 1.82) is 0 Å². The van der Waals surface area contributed by atoms with E-state index in [1.165, 1.54) is 0 Å². The van der Waals surface area contributed by atoms with Crippen molar-refractivity contribution in [3.63, 3.8) is 0 Å². The fourth-order valence-electron chi connectivity index (χ4n) is 0.802. The molecule has 0 unspecified atom stereocenters. The van der Waals surface area contributed by atoms with Crippen LogP contribution >= 0.6 is 0 Å². The van der Waals surface area contributed by atoms with Crippen LogP contribution in [0.2, 0.25) is 0 Å². The van der Waals surface area contributed by atoms with Gasteiger partial charge in [0.1, 0.15) is 13.7 Å². The number of aromatic nitrogens is 1. The Morgan fingerprint density at radius 1 is 1.64 bits per heavy atom. The summed E-state index contributed by atoms with van der Waals surface area (Å²) in [4.78, 5) is 0. The zero-order valence-electron chi connectivity index (χ0n) is 6.66. The molecule has 1 aromatic rings. The summed E-state index contributed by atoms with van der Waals surface area (Å²) in [5, 5.41) is 0. The molecule has 2 heteroatoms. The van der Waals surface area contributed by atoms with Gasteiger partial charge in [-0.25, -0.2) is 0 Å². The molecule has 11 heavy (non-hydrogen) atoms. The maximum atomic E-state index is 5.33. The third-order valence-corrected chi connectivity index (χ3v) is 1.36. The Kier molecular flexibility index (Phi) is 2.66. The van der Waals surface area contributed by atoms with Gasteiger partial charge in [0.05, 0.1) is 6.07 Å². The average Bonchev–Trinajstić information content (AvgIpc) is 2.03. The van der Waals surface area contributed by atoms with Crippen LogP contribution in [0.4, 0.5) is 0 Å². The van der Waals surface area contributed by atoms with Crippen LogP contribution in [0.1, 0.15) is 0 Å². The Morgan fingerprint density at radius 2 is 2.45 bits per heavy atom. The molecule has 0 bridgehead atoms. The monoisotopic (exact) mass is 150 g/mol. The third-order valence-electron chi connectivity index (χ3n) is 1.36. The predicted molar refractivity (Wildman–Crippen MR) is 43.3 cm³/mol. The summed E-state index contributed by atoms with van der Waals surface area (Å²) in [6, 6.07) is 5.82. The molecule has 0 aromatic carbocycles. The lowest BCUT2D eigenvalue weighted by atomic mass is 10.5. The maximum Gasteiger partial charge on any atom is 0.367 e. The van der Waals surface area contributed by atoms with E-state index in [0.29, 0.717) is 6.61 Å². The molecule has 0 N–H and O–H groups in total. The second-order valence-electron chi connectivity index (χ2n) is 2.25. The zero-order valence-corrected chi connectivity index (χ0v) is 6.66. The molecule has 0 aliphatic carbocycles. The molecule has 1 rings (SSSR count). The van der Waals surface area contributed by atoms with E-state index >= 15 is 0 Å². The van der Waals surface area contributed by atoms with E-state index in [4.69, 9.17) is 4.74 Å². The summed E-state index contributed by atoms with van der Waals surface area (Å²) in [6.07, 6.45) is 3.67. The molecular weight excluding hydrogens is 138 g/mol. The van der Waals surface area contributed by atoms with Gasteiger partial charge in [-0.15, -0.1) is 0 Å². The minimum absolute atomic E-state index is 0.553. The minimum Gasteiger partial charge on any atom is -0.440 e. The lowest BCUT2D eigenvalue weighted by Gasteiger charge is -1.98. The van der Waals surface area contributed by atoms with E-state index in [2.05, 4.69) is 6.58 Å². The van der Waals surface area contributed by atoms with Crippen molar-refractivity contribution in [3.05, 3.63) is 37.1 Å². The first kappa shape index (κ1) is 7.79. The first-order chi connectivity index (χ1) is 5.34. The Balaban J connectivity index is 2.69. The lowest BCUT2D eigenvalue weighted by molar-refractivity contribution is -0.677. The topological polar surface area (TPSA) is 13.1 Å². The minimum atomic E-state index is 0.553. The highest BCUT2D eigenvalue weighted by Crippen LogP contribution is 1.99. The van der Waals surface area contributed by atoms with Crippen LogP contribution in [0, 0.1) is 0 Å². The van der Waals surface area contributed by atoms with Crippen molar-refractivity contribution >= 4 is 0 Å². The van der Waals surface area contributed by atoms with E-state index in [0.717, 1.165) is 5.88 Å². The van der Waals surface area contributed by atoms with Crippen LogP contribution in [-0.2, 0) is 7.05 Å². The number of hydrogen-bond acceptors (Lipinski definition) is 1. The third kappa shape index (κ3) is 2.08. The van der Waals surface area contributed by atoms with Gasteiger partial charge in [0, 0.05) is 6.07 Å². The normalized spacial score (nSPS) is 9.18. The van der Waals surface area contributed by atoms with E-state index in [9.17, 15) is 0 Å². The summed E-state index contributed by atoms with van der Waals surface area (Å²) < 4.78 is 7.25. The van der Waals surface area contributed by atoms with Crippen LogP contribution in [0.15, 0.2) is 37.1 Å². The van der Waals surface area contributed by atoms with Crippen LogP contribution in [0.25, 0.3) is 0 Å². The van der Waals surface area contributed by atoms with Gasteiger partial charge in [-0.3, -0.25) is 0 Å². The van der Waals surface area contributed by atoms with Gasteiger partial charge >= 0.3 is 5.88 Å². The smallest absolute Gasteiger partial charge is 0.367 e. The fourth-order valence-corrected chi connectivity index (χ4v) is 0.802. The molecule has 0 spiro atoms. The quantitative estimate of drug-likeness (QED) is 0.464. The maximum absolute atomic E-state index is 5.33. The molecule has 0 atom stereocenters. The molecule has 0 radical (unpaired) electrons. The highest BCUT2D eigenvalue weighted by atomic mass is 16.5.